The molecule has 0 aliphatic carbocycles. The molecule has 0 aliphatic rings. The number of benzene rings is 2. The van der Waals surface area contributed by atoms with Crippen LogP contribution in [0.15, 0.2) is 51.4 Å². The van der Waals surface area contributed by atoms with Crippen molar-refractivity contribution < 1.29 is 4.39 Å². The third kappa shape index (κ3) is 4.13. The van der Waals surface area contributed by atoms with E-state index < -0.39 is 0 Å². The van der Waals surface area contributed by atoms with Crippen molar-refractivity contribution >= 4 is 31.9 Å². The molecular weight excluding hydrogens is 373 g/mol. The van der Waals surface area contributed by atoms with Gasteiger partial charge < -0.3 is 5.32 Å². The summed E-state index contributed by atoms with van der Waals surface area (Å²) in [5, 5.41) is 3.38. The van der Waals surface area contributed by atoms with Gasteiger partial charge in [-0.2, -0.15) is 0 Å². The Bertz CT molecular complexity index is 555. The third-order valence-corrected chi connectivity index (χ3v) is 4.14. The van der Waals surface area contributed by atoms with Crippen molar-refractivity contribution in [3.63, 3.8) is 0 Å². The van der Waals surface area contributed by atoms with Crippen molar-refractivity contribution in [2.24, 2.45) is 0 Å². The summed E-state index contributed by atoms with van der Waals surface area (Å²) in [5.74, 6) is -0.226. The maximum Gasteiger partial charge on any atom is 0.137 e. The maximum absolute atomic E-state index is 13.4. The summed E-state index contributed by atoms with van der Waals surface area (Å²) in [4.78, 5) is 0. The van der Waals surface area contributed by atoms with E-state index in [2.05, 4.69) is 56.2 Å². The highest BCUT2D eigenvalue weighted by Crippen LogP contribution is 2.19. The Balaban J connectivity index is 1.98. The Morgan fingerprint density at radius 1 is 1.11 bits per heavy atom. The maximum atomic E-state index is 13.4. The molecule has 1 atom stereocenters. The zero-order valence-electron chi connectivity index (χ0n) is 10.5. The molecule has 0 aliphatic heterocycles. The third-order valence-electron chi connectivity index (χ3n) is 2.97. The fourth-order valence-corrected chi connectivity index (χ4v) is 2.30. The first-order chi connectivity index (χ1) is 9.06. The molecule has 0 spiro atoms. The summed E-state index contributed by atoms with van der Waals surface area (Å²) < 4.78 is 15.0. The van der Waals surface area contributed by atoms with Gasteiger partial charge in [0.2, 0.25) is 0 Å². The van der Waals surface area contributed by atoms with Crippen molar-refractivity contribution in [3.8, 4) is 0 Å². The Morgan fingerprint density at radius 3 is 2.42 bits per heavy atom. The van der Waals surface area contributed by atoms with E-state index in [1.807, 2.05) is 18.2 Å². The predicted octanol–water partition coefficient (Wildman–Crippen LogP) is 5.20. The van der Waals surface area contributed by atoms with E-state index in [1.165, 1.54) is 5.56 Å². The Hall–Kier alpha value is -0.710. The van der Waals surface area contributed by atoms with Crippen LogP contribution >= 0.6 is 31.9 Å². The number of hydrogen-bond acceptors (Lipinski definition) is 1. The van der Waals surface area contributed by atoms with Gasteiger partial charge in [-0.05, 0) is 58.2 Å². The molecule has 4 heteroatoms. The van der Waals surface area contributed by atoms with E-state index in [0.29, 0.717) is 11.0 Å². The highest BCUT2D eigenvalue weighted by molar-refractivity contribution is 9.10. The number of rotatable bonds is 4. The zero-order chi connectivity index (χ0) is 13.8. The smallest absolute Gasteiger partial charge is 0.137 e. The first-order valence-electron chi connectivity index (χ1n) is 5.99. The van der Waals surface area contributed by atoms with E-state index >= 15 is 0 Å². The van der Waals surface area contributed by atoms with Gasteiger partial charge in [-0.25, -0.2) is 4.39 Å². The van der Waals surface area contributed by atoms with Crippen molar-refractivity contribution in [2.75, 3.05) is 0 Å². The van der Waals surface area contributed by atoms with Gasteiger partial charge in [0.05, 0.1) is 4.47 Å². The van der Waals surface area contributed by atoms with Crippen LogP contribution in [0.1, 0.15) is 24.1 Å². The molecule has 1 N–H and O–H groups in total. The molecule has 0 aromatic heterocycles. The highest BCUT2D eigenvalue weighted by Gasteiger charge is 2.06. The second kappa shape index (κ2) is 6.64. The highest BCUT2D eigenvalue weighted by atomic mass is 79.9. The SMILES string of the molecule is C[C@@H](NCc1ccc(Br)c(F)c1)c1ccc(Br)cc1. The van der Waals surface area contributed by atoms with Gasteiger partial charge in [-0.3, -0.25) is 0 Å². The van der Waals surface area contributed by atoms with Crippen molar-refractivity contribution in [3.05, 3.63) is 68.4 Å². The van der Waals surface area contributed by atoms with Gasteiger partial charge in [0.1, 0.15) is 5.82 Å². The lowest BCUT2D eigenvalue weighted by Crippen LogP contribution is -2.18. The second-order valence-corrected chi connectivity index (χ2v) is 6.17. The molecule has 0 saturated carbocycles. The summed E-state index contributed by atoms with van der Waals surface area (Å²) >= 11 is 6.57. The molecule has 2 aromatic carbocycles. The molecule has 0 unspecified atom stereocenters. The first kappa shape index (κ1) is 14.7. The molecule has 0 fully saturated rings. The monoisotopic (exact) mass is 385 g/mol. The molecule has 100 valence electrons. The minimum atomic E-state index is -0.226. The molecule has 1 nitrogen and oxygen atoms in total. The average molecular weight is 387 g/mol. The van der Waals surface area contributed by atoms with E-state index in [4.69, 9.17) is 0 Å². The number of hydrogen-bond donors (Lipinski definition) is 1. The molecular formula is C15H14Br2FN. The van der Waals surface area contributed by atoms with E-state index in [1.54, 1.807) is 12.1 Å². The molecule has 0 amide bonds. The first-order valence-corrected chi connectivity index (χ1v) is 7.57. The topological polar surface area (TPSA) is 12.0 Å². The molecule has 19 heavy (non-hydrogen) atoms. The fraction of sp³-hybridized carbons (Fsp3) is 0.200. The van der Waals surface area contributed by atoms with Gasteiger partial charge in [-0.1, -0.05) is 34.1 Å². The lowest BCUT2D eigenvalue weighted by Gasteiger charge is -2.14. The van der Waals surface area contributed by atoms with Crippen LogP contribution < -0.4 is 5.32 Å². The van der Waals surface area contributed by atoms with E-state index in [9.17, 15) is 4.39 Å². The second-order valence-electron chi connectivity index (χ2n) is 4.40. The van der Waals surface area contributed by atoms with Gasteiger partial charge >= 0.3 is 0 Å². The minimum Gasteiger partial charge on any atom is -0.306 e. The lowest BCUT2D eigenvalue weighted by atomic mass is 10.1. The van der Waals surface area contributed by atoms with Crippen LogP contribution in [0.2, 0.25) is 0 Å². The lowest BCUT2D eigenvalue weighted by molar-refractivity contribution is 0.568. The summed E-state index contributed by atoms with van der Waals surface area (Å²) in [6.45, 7) is 2.74. The number of halogens is 3. The molecule has 0 bridgehead atoms. The van der Waals surface area contributed by atoms with Gasteiger partial charge in [0.15, 0.2) is 0 Å². The fourth-order valence-electron chi connectivity index (χ4n) is 1.79. The molecule has 0 heterocycles. The van der Waals surface area contributed by atoms with Crippen LogP contribution in [0, 0.1) is 5.82 Å². The normalized spacial score (nSPS) is 12.4. The van der Waals surface area contributed by atoms with Crippen LogP contribution in [-0.4, -0.2) is 0 Å². The van der Waals surface area contributed by atoms with E-state index in [-0.39, 0.29) is 11.9 Å². The van der Waals surface area contributed by atoms with Gasteiger partial charge in [-0.15, -0.1) is 0 Å². The molecule has 2 aromatic rings. The Morgan fingerprint density at radius 2 is 1.79 bits per heavy atom. The standard InChI is InChI=1S/C15H14Br2FN/c1-10(12-3-5-13(16)6-4-12)19-9-11-2-7-14(17)15(18)8-11/h2-8,10,19H,9H2,1H3/t10-/m1/s1. The van der Waals surface area contributed by atoms with Gasteiger partial charge in [0.25, 0.3) is 0 Å². The molecule has 0 radical (unpaired) electrons. The molecule has 2 rings (SSSR count). The van der Waals surface area contributed by atoms with Crippen molar-refractivity contribution in [1.82, 2.24) is 5.32 Å². The summed E-state index contributed by atoms with van der Waals surface area (Å²) in [6, 6.07) is 13.6. The van der Waals surface area contributed by atoms with Crippen LogP contribution in [0.4, 0.5) is 4.39 Å². The largest absolute Gasteiger partial charge is 0.306 e. The average Bonchev–Trinajstić information content (AvgIpc) is 2.40. The number of nitrogens with one attached hydrogen (secondary N) is 1. The molecule has 0 saturated heterocycles. The zero-order valence-corrected chi connectivity index (χ0v) is 13.6. The van der Waals surface area contributed by atoms with Crippen LogP contribution in [0.3, 0.4) is 0 Å². The quantitative estimate of drug-likeness (QED) is 0.761. The summed E-state index contributed by atoms with van der Waals surface area (Å²) in [5.41, 5.74) is 2.14. The Kier molecular flexibility index (Phi) is 5.13. The van der Waals surface area contributed by atoms with Gasteiger partial charge in [0, 0.05) is 17.1 Å². The summed E-state index contributed by atoms with van der Waals surface area (Å²) in [6.07, 6.45) is 0. The van der Waals surface area contributed by atoms with Crippen molar-refractivity contribution in [1.29, 1.82) is 0 Å². The van der Waals surface area contributed by atoms with Crippen LogP contribution in [0.5, 0.6) is 0 Å². The van der Waals surface area contributed by atoms with Crippen LogP contribution in [-0.2, 0) is 6.54 Å². The van der Waals surface area contributed by atoms with Crippen LogP contribution in [0.25, 0.3) is 0 Å². The minimum absolute atomic E-state index is 0.222. The predicted molar refractivity (Wildman–Crippen MR) is 83.5 cm³/mol. The Labute approximate surface area is 129 Å². The van der Waals surface area contributed by atoms with E-state index in [0.717, 1.165) is 10.0 Å². The van der Waals surface area contributed by atoms with Crippen molar-refractivity contribution in [2.45, 2.75) is 19.5 Å². The summed E-state index contributed by atoms with van der Waals surface area (Å²) in [7, 11) is 0.